The van der Waals surface area contributed by atoms with Crippen LogP contribution in [0.4, 0.5) is 5.69 Å². The van der Waals surface area contributed by atoms with Gasteiger partial charge in [-0.15, -0.1) is 0 Å². The predicted octanol–water partition coefficient (Wildman–Crippen LogP) is 2.83. The van der Waals surface area contributed by atoms with Crippen molar-refractivity contribution in [1.29, 1.82) is 0 Å². The summed E-state index contributed by atoms with van der Waals surface area (Å²) in [5, 5.41) is 11.0. The lowest BCUT2D eigenvalue weighted by molar-refractivity contribution is -0.385. The van der Waals surface area contributed by atoms with Gasteiger partial charge in [0.1, 0.15) is 0 Å². The van der Waals surface area contributed by atoms with E-state index in [2.05, 4.69) is 9.62 Å². The molecule has 1 aromatic heterocycles. The Morgan fingerprint density at radius 2 is 1.86 bits per heavy atom. The molecule has 0 bridgehead atoms. The van der Waals surface area contributed by atoms with Gasteiger partial charge in [-0.3, -0.25) is 15.0 Å². The highest BCUT2D eigenvalue weighted by Crippen LogP contribution is 2.25. The fourth-order valence-electron chi connectivity index (χ4n) is 3.68. The van der Waals surface area contributed by atoms with Crippen LogP contribution in [0.5, 0.6) is 0 Å². The summed E-state index contributed by atoms with van der Waals surface area (Å²) in [7, 11) is -1.90. The summed E-state index contributed by atoms with van der Waals surface area (Å²) in [4.78, 5) is 12.6. The van der Waals surface area contributed by atoms with Crippen LogP contribution in [0.25, 0.3) is 0 Å². The molecular formula is C19H26N4O4S. The topological polar surface area (TPSA) is 97.5 Å². The molecule has 0 radical (unpaired) electrons. The van der Waals surface area contributed by atoms with Crippen LogP contribution in [0, 0.1) is 10.1 Å². The number of hydrogen-bond acceptors (Lipinski definition) is 5. The Bertz CT molecular complexity index is 918. The highest BCUT2D eigenvalue weighted by Gasteiger charge is 2.26. The largest absolute Gasteiger partial charge is 0.353 e. The van der Waals surface area contributed by atoms with Gasteiger partial charge in [0.15, 0.2) is 0 Å². The number of benzene rings is 1. The van der Waals surface area contributed by atoms with Crippen molar-refractivity contribution in [3.05, 3.63) is 58.4 Å². The minimum absolute atomic E-state index is 0.0911. The van der Waals surface area contributed by atoms with Crippen molar-refractivity contribution in [1.82, 2.24) is 14.2 Å². The molecule has 1 aromatic carbocycles. The molecule has 1 aliphatic heterocycles. The van der Waals surface area contributed by atoms with E-state index >= 15 is 0 Å². The first-order chi connectivity index (χ1) is 13.4. The second kappa shape index (κ2) is 8.85. The van der Waals surface area contributed by atoms with Gasteiger partial charge >= 0.3 is 0 Å². The first kappa shape index (κ1) is 20.5. The molecule has 1 saturated heterocycles. The van der Waals surface area contributed by atoms with Crippen LogP contribution in [-0.4, -0.2) is 42.4 Å². The second-order valence-electron chi connectivity index (χ2n) is 7.12. The molecule has 1 aliphatic rings. The van der Waals surface area contributed by atoms with Crippen molar-refractivity contribution in [3.8, 4) is 0 Å². The van der Waals surface area contributed by atoms with Crippen molar-refractivity contribution in [3.63, 3.8) is 0 Å². The van der Waals surface area contributed by atoms with Crippen molar-refractivity contribution in [2.75, 3.05) is 19.6 Å². The number of sulfonamides is 1. The van der Waals surface area contributed by atoms with E-state index in [1.54, 1.807) is 0 Å². The third-order valence-electron chi connectivity index (χ3n) is 5.21. The number of nitrogens with zero attached hydrogens (tertiary/aromatic N) is 3. The number of likely N-dealkylation sites (tertiary alicyclic amines) is 1. The maximum Gasteiger partial charge on any atom is 0.270 e. The van der Waals surface area contributed by atoms with E-state index < -0.39 is 14.9 Å². The van der Waals surface area contributed by atoms with Crippen molar-refractivity contribution in [2.45, 2.75) is 36.6 Å². The van der Waals surface area contributed by atoms with Gasteiger partial charge in [-0.2, -0.15) is 0 Å². The zero-order valence-corrected chi connectivity index (χ0v) is 16.8. The Balaban J connectivity index is 1.82. The first-order valence-corrected chi connectivity index (χ1v) is 11.0. The van der Waals surface area contributed by atoms with Crippen molar-refractivity contribution >= 4 is 15.7 Å². The van der Waals surface area contributed by atoms with Crippen LogP contribution < -0.4 is 4.72 Å². The maximum atomic E-state index is 12.8. The summed E-state index contributed by atoms with van der Waals surface area (Å²) in [6.45, 7) is 2.06. The van der Waals surface area contributed by atoms with Gasteiger partial charge in [-0.05, 0) is 44.1 Å². The van der Waals surface area contributed by atoms with Crippen LogP contribution in [0.1, 0.15) is 37.4 Å². The summed E-state index contributed by atoms with van der Waals surface area (Å²) in [5.74, 6) is 0. The standard InChI is InChI=1S/C19H26N4O4S/c1-21-11-7-10-18(21)19(22-12-4-2-3-5-13-22)15-20-28(26,27)17-9-6-8-16(14-17)23(24)25/h6-11,14,19-20H,2-5,12-13,15H2,1H3. The number of nitro benzene ring substituents is 1. The normalized spacial score (nSPS) is 17.2. The summed E-state index contributed by atoms with van der Waals surface area (Å²) < 4.78 is 30.2. The summed E-state index contributed by atoms with van der Waals surface area (Å²) in [6, 6.07) is 9.00. The smallest absolute Gasteiger partial charge is 0.270 e. The molecule has 3 rings (SSSR count). The van der Waals surface area contributed by atoms with Crippen LogP contribution in [-0.2, 0) is 17.1 Å². The van der Waals surface area contributed by atoms with E-state index in [-0.39, 0.29) is 23.2 Å². The molecule has 0 spiro atoms. The van der Waals surface area contributed by atoms with Gasteiger partial charge in [-0.1, -0.05) is 18.9 Å². The van der Waals surface area contributed by atoms with E-state index in [4.69, 9.17) is 0 Å². The van der Waals surface area contributed by atoms with Gasteiger partial charge < -0.3 is 4.57 Å². The summed E-state index contributed by atoms with van der Waals surface area (Å²) >= 11 is 0. The molecule has 1 atom stereocenters. The molecule has 0 aliphatic carbocycles. The molecular weight excluding hydrogens is 380 g/mol. The molecule has 9 heteroatoms. The van der Waals surface area contributed by atoms with Gasteiger partial charge in [0.2, 0.25) is 10.0 Å². The van der Waals surface area contributed by atoms with E-state index in [0.29, 0.717) is 0 Å². The van der Waals surface area contributed by atoms with Crippen molar-refractivity contribution in [2.24, 2.45) is 7.05 Å². The zero-order chi connectivity index (χ0) is 20.1. The van der Waals surface area contributed by atoms with Gasteiger partial charge in [0, 0.05) is 37.6 Å². The third kappa shape index (κ3) is 4.78. The molecule has 2 heterocycles. The highest BCUT2D eigenvalue weighted by molar-refractivity contribution is 7.89. The molecule has 2 aromatic rings. The van der Waals surface area contributed by atoms with Crippen molar-refractivity contribution < 1.29 is 13.3 Å². The lowest BCUT2D eigenvalue weighted by atomic mass is 10.1. The van der Waals surface area contributed by atoms with E-state index in [9.17, 15) is 18.5 Å². The molecule has 8 nitrogen and oxygen atoms in total. The molecule has 152 valence electrons. The third-order valence-corrected chi connectivity index (χ3v) is 6.63. The Kier molecular flexibility index (Phi) is 6.48. The monoisotopic (exact) mass is 406 g/mol. The highest BCUT2D eigenvalue weighted by atomic mass is 32.2. The van der Waals surface area contributed by atoms with E-state index in [1.165, 1.54) is 31.0 Å². The van der Waals surface area contributed by atoms with Gasteiger partial charge in [-0.25, -0.2) is 13.1 Å². The SMILES string of the molecule is Cn1cccc1C(CNS(=O)(=O)c1cccc([N+](=O)[O-])c1)N1CCCCCC1. The zero-order valence-electron chi connectivity index (χ0n) is 16.0. The number of aryl methyl sites for hydroxylation is 1. The number of non-ortho nitro benzene ring substituents is 1. The Morgan fingerprint density at radius 1 is 1.14 bits per heavy atom. The number of aromatic nitrogens is 1. The first-order valence-electron chi connectivity index (χ1n) is 9.48. The fourth-order valence-corrected chi connectivity index (χ4v) is 4.76. The molecule has 1 unspecified atom stereocenters. The molecule has 0 amide bonds. The Morgan fingerprint density at radius 3 is 2.46 bits per heavy atom. The average Bonchev–Trinajstić information content (AvgIpc) is 2.92. The van der Waals surface area contributed by atoms with Gasteiger partial charge in [0.05, 0.1) is 15.9 Å². The fraction of sp³-hybridized carbons (Fsp3) is 0.474. The second-order valence-corrected chi connectivity index (χ2v) is 8.88. The van der Waals surface area contributed by atoms with Crippen LogP contribution in [0.3, 0.4) is 0 Å². The molecule has 1 N–H and O–H groups in total. The minimum atomic E-state index is -3.85. The Hall–Kier alpha value is -2.23. The lowest BCUT2D eigenvalue weighted by Crippen LogP contribution is -2.39. The predicted molar refractivity (Wildman–Crippen MR) is 106 cm³/mol. The summed E-state index contributed by atoms with van der Waals surface area (Å²) in [6.07, 6.45) is 6.53. The molecule has 1 fully saturated rings. The van der Waals surface area contributed by atoms with Crippen LogP contribution >= 0.6 is 0 Å². The summed E-state index contributed by atoms with van der Waals surface area (Å²) in [5.41, 5.74) is 0.804. The number of hydrogen-bond donors (Lipinski definition) is 1. The average molecular weight is 407 g/mol. The minimum Gasteiger partial charge on any atom is -0.353 e. The Labute approximate surface area is 165 Å². The lowest BCUT2D eigenvalue weighted by Gasteiger charge is -2.31. The number of nitrogens with one attached hydrogen (secondary N) is 1. The van der Waals surface area contributed by atoms with Gasteiger partial charge in [0.25, 0.3) is 5.69 Å². The maximum absolute atomic E-state index is 12.8. The van der Waals surface area contributed by atoms with Crippen LogP contribution in [0.2, 0.25) is 0 Å². The van der Waals surface area contributed by atoms with Crippen LogP contribution in [0.15, 0.2) is 47.5 Å². The van der Waals surface area contributed by atoms with E-state index in [0.717, 1.165) is 37.7 Å². The van der Waals surface area contributed by atoms with E-state index in [1.807, 2.05) is 29.9 Å². The number of rotatable bonds is 7. The number of nitro groups is 1. The molecule has 0 saturated carbocycles. The quantitative estimate of drug-likeness (QED) is 0.563. The molecule has 28 heavy (non-hydrogen) atoms.